The first kappa shape index (κ1) is 11.9. The molecule has 3 nitrogen and oxygen atoms in total. The summed E-state index contributed by atoms with van der Waals surface area (Å²) >= 11 is 0. The third kappa shape index (κ3) is 2.40. The van der Waals surface area contributed by atoms with Crippen LogP contribution in [0.2, 0.25) is 0 Å². The van der Waals surface area contributed by atoms with E-state index in [1.54, 1.807) is 0 Å². The molecule has 1 amide bonds. The summed E-state index contributed by atoms with van der Waals surface area (Å²) in [4.78, 5) is 14.5. The SMILES string of the molecule is CCC1(C(=O)N(C)CC2CC2)CCNCC1. The lowest BCUT2D eigenvalue weighted by Crippen LogP contribution is -2.48. The predicted molar refractivity (Wildman–Crippen MR) is 65.2 cm³/mol. The Morgan fingerprint density at radius 2 is 2.00 bits per heavy atom. The van der Waals surface area contributed by atoms with E-state index in [9.17, 15) is 4.79 Å². The molecule has 0 unspecified atom stereocenters. The van der Waals surface area contributed by atoms with Gasteiger partial charge in [-0.25, -0.2) is 0 Å². The summed E-state index contributed by atoms with van der Waals surface area (Å²) in [5.74, 6) is 1.19. The number of hydrogen-bond acceptors (Lipinski definition) is 2. The summed E-state index contributed by atoms with van der Waals surface area (Å²) in [5.41, 5.74) is -0.0606. The zero-order chi connectivity index (χ0) is 11.6. The molecule has 2 rings (SSSR count). The van der Waals surface area contributed by atoms with Crippen molar-refractivity contribution in [1.29, 1.82) is 0 Å². The van der Waals surface area contributed by atoms with Crippen molar-refractivity contribution in [3.05, 3.63) is 0 Å². The maximum absolute atomic E-state index is 12.5. The fraction of sp³-hybridized carbons (Fsp3) is 0.923. The standard InChI is InChI=1S/C13H24N2O/c1-3-13(6-8-14-9-7-13)12(16)15(2)10-11-4-5-11/h11,14H,3-10H2,1-2H3. The first-order valence-corrected chi connectivity index (χ1v) is 6.64. The molecule has 1 saturated heterocycles. The second-order valence-electron chi connectivity index (χ2n) is 5.51. The number of hydrogen-bond donors (Lipinski definition) is 1. The van der Waals surface area contributed by atoms with E-state index in [4.69, 9.17) is 0 Å². The van der Waals surface area contributed by atoms with Gasteiger partial charge in [0.25, 0.3) is 0 Å². The Kier molecular flexibility index (Phi) is 3.53. The number of amides is 1. The minimum atomic E-state index is -0.0606. The maximum Gasteiger partial charge on any atom is 0.228 e. The van der Waals surface area contributed by atoms with Crippen molar-refractivity contribution in [3.63, 3.8) is 0 Å². The number of nitrogens with zero attached hydrogens (tertiary/aromatic N) is 1. The van der Waals surface area contributed by atoms with Gasteiger partial charge >= 0.3 is 0 Å². The molecule has 0 atom stereocenters. The third-order valence-electron chi connectivity index (χ3n) is 4.27. The minimum absolute atomic E-state index is 0.0606. The molecule has 3 heteroatoms. The maximum atomic E-state index is 12.5. The van der Waals surface area contributed by atoms with E-state index in [-0.39, 0.29) is 5.41 Å². The van der Waals surface area contributed by atoms with E-state index in [2.05, 4.69) is 12.2 Å². The minimum Gasteiger partial charge on any atom is -0.345 e. The fourth-order valence-corrected chi connectivity index (χ4v) is 2.80. The topological polar surface area (TPSA) is 32.3 Å². The Morgan fingerprint density at radius 3 is 2.50 bits per heavy atom. The zero-order valence-electron chi connectivity index (χ0n) is 10.6. The van der Waals surface area contributed by atoms with Crippen LogP contribution >= 0.6 is 0 Å². The van der Waals surface area contributed by atoms with Crippen molar-refractivity contribution in [2.75, 3.05) is 26.7 Å². The van der Waals surface area contributed by atoms with Crippen molar-refractivity contribution in [2.45, 2.75) is 39.0 Å². The highest BCUT2D eigenvalue weighted by molar-refractivity contribution is 5.82. The van der Waals surface area contributed by atoms with Crippen LogP contribution < -0.4 is 5.32 Å². The number of piperidine rings is 1. The molecule has 1 saturated carbocycles. The Hall–Kier alpha value is -0.570. The van der Waals surface area contributed by atoms with Crippen molar-refractivity contribution in [2.24, 2.45) is 11.3 Å². The van der Waals surface area contributed by atoms with Gasteiger partial charge in [0.05, 0.1) is 5.41 Å². The molecule has 1 N–H and O–H groups in total. The third-order valence-corrected chi connectivity index (χ3v) is 4.27. The van der Waals surface area contributed by atoms with Gasteiger partial charge in [-0.2, -0.15) is 0 Å². The Morgan fingerprint density at radius 1 is 1.38 bits per heavy atom. The van der Waals surface area contributed by atoms with Gasteiger partial charge in [0, 0.05) is 13.6 Å². The summed E-state index contributed by atoms with van der Waals surface area (Å²) in [6, 6.07) is 0. The number of rotatable bonds is 4. The molecule has 0 bridgehead atoms. The molecule has 2 aliphatic rings. The summed E-state index contributed by atoms with van der Waals surface area (Å²) in [6.07, 6.45) is 5.65. The van der Waals surface area contributed by atoms with Gasteiger partial charge in [-0.15, -0.1) is 0 Å². The van der Waals surface area contributed by atoms with Crippen molar-refractivity contribution in [1.82, 2.24) is 10.2 Å². The molecule has 0 spiro atoms. The highest BCUT2D eigenvalue weighted by Crippen LogP contribution is 2.36. The van der Waals surface area contributed by atoms with Gasteiger partial charge in [-0.3, -0.25) is 4.79 Å². The number of carbonyl (C=O) groups is 1. The van der Waals surface area contributed by atoms with E-state index in [1.165, 1.54) is 12.8 Å². The average Bonchev–Trinajstić information content (AvgIpc) is 3.12. The molecular formula is C13H24N2O. The normalized spacial score (nSPS) is 24.1. The smallest absolute Gasteiger partial charge is 0.228 e. The van der Waals surface area contributed by atoms with Crippen LogP contribution in [0.4, 0.5) is 0 Å². The van der Waals surface area contributed by atoms with Crippen LogP contribution in [0.3, 0.4) is 0 Å². The highest BCUT2D eigenvalue weighted by atomic mass is 16.2. The molecule has 1 aliphatic heterocycles. The van der Waals surface area contributed by atoms with Crippen LogP contribution in [-0.2, 0) is 4.79 Å². The van der Waals surface area contributed by atoms with Gasteiger partial charge in [0.1, 0.15) is 0 Å². The Balaban J connectivity index is 1.97. The van der Waals surface area contributed by atoms with Crippen molar-refractivity contribution in [3.8, 4) is 0 Å². The summed E-state index contributed by atoms with van der Waals surface area (Å²) in [7, 11) is 1.99. The van der Waals surface area contributed by atoms with Crippen LogP contribution in [0.25, 0.3) is 0 Å². The largest absolute Gasteiger partial charge is 0.345 e. The first-order valence-electron chi connectivity index (χ1n) is 6.64. The molecular weight excluding hydrogens is 200 g/mol. The number of nitrogens with one attached hydrogen (secondary N) is 1. The van der Waals surface area contributed by atoms with E-state index in [1.807, 2.05) is 11.9 Å². The predicted octanol–water partition coefficient (Wildman–Crippen LogP) is 1.63. The molecule has 0 aromatic rings. The molecule has 1 aliphatic carbocycles. The molecule has 0 aromatic heterocycles. The van der Waals surface area contributed by atoms with Gasteiger partial charge in [-0.1, -0.05) is 6.92 Å². The van der Waals surface area contributed by atoms with Crippen LogP contribution in [0.5, 0.6) is 0 Å². The lowest BCUT2D eigenvalue weighted by atomic mass is 9.75. The summed E-state index contributed by atoms with van der Waals surface area (Å²) in [5, 5.41) is 3.35. The molecule has 0 aromatic carbocycles. The van der Waals surface area contributed by atoms with Crippen molar-refractivity contribution < 1.29 is 4.79 Å². The summed E-state index contributed by atoms with van der Waals surface area (Å²) in [6.45, 7) is 5.13. The highest BCUT2D eigenvalue weighted by Gasteiger charge is 2.40. The van der Waals surface area contributed by atoms with Crippen LogP contribution in [0, 0.1) is 11.3 Å². The summed E-state index contributed by atoms with van der Waals surface area (Å²) < 4.78 is 0. The van der Waals surface area contributed by atoms with E-state index >= 15 is 0 Å². The molecule has 92 valence electrons. The average molecular weight is 224 g/mol. The van der Waals surface area contributed by atoms with Crippen LogP contribution in [0.15, 0.2) is 0 Å². The van der Waals surface area contributed by atoms with Gasteiger partial charge in [0.15, 0.2) is 0 Å². The zero-order valence-corrected chi connectivity index (χ0v) is 10.6. The molecule has 16 heavy (non-hydrogen) atoms. The Bertz CT molecular complexity index is 255. The van der Waals surface area contributed by atoms with Gasteiger partial charge in [0.2, 0.25) is 5.91 Å². The van der Waals surface area contributed by atoms with Gasteiger partial charge < -0.3 is 10.2 Å². The van der Waals surface area contributed by atoms with E-state index < -0.39 is 0 Å². The lowest BCUT2D eigenvalue weighted by Gasteiger charge is -2.38. The fourth-order valence-electron chi connectivity index (χ4n) is 2.80. The van der Waals surface area contributed by atoms with Crippen LogP contribution in [-0.4, -0.2) is 37.5 Å². The first-order chi connectivity index (χ1) is 7.68. The van der Waals surface area contributed by atoms with E-state index in [0.717, 1.165) is 44.8 Å². The molecule has 0 radical (unpaired) electrons. The molecule has 2 fully saturated rings. The quantitative estimate of drug-likeness (QED) is 0.787. The van der Waals surface area contributed by atoms with Gasteiger partial charge in [-0.05, 0) is 51.1 Å². The monoisotopic (exact) mass is 224 g/mol. The van der Waals surface area contributed by atoms with Crippen molar-refractivity contribution >= 4 is 5.91 Å². The lowest BCUT2D eigenvalue weighted by molar-refractivity contribution is -0.143. The molecule has 1 heterocycles. The number of carbonyl (C=O) groups excluding carboxylic acids is 1. The second kappa shape index (κ2) is 4.74. The second-order valence-corrected chi connectivity index (χ2v) is 5.51. The Labute approximate surface area is 98.6 Å². The van der Waals surface area contributed by atoms with Crippen LogP contribution in [0.1, 0.15) is 39.0 Å². The van der Waals surface area contributed by atoms with E-state index in [0.29, 0.717) is 5.91 Å².